The molecule has 5 heteroatoms. The molecule has 1 amide bonds. The number of nitrogens with one attached hydrogen (secondary N) is 1. The van der Waals surface area contributed by atoms with Gasteiger partial charge in [-0.25, -0.2) is 4.79 Å². The number of aryl methyl sites for hydroxylation is 1. The maximum atomic E-state index is 12.4. The zero-order chi connectivity index (χ0) is 17.1. The van der Waals surface area contributed by atoms with Crippen LogP contribution in [0.4, 0.5) is 5.69 Å². The number of fused-ring (bicyclic) bond motifs is 1. The first-order valence-electron chi connectivity index (χ1n) is 7.82. The number of amides is 1. The third-order valence-electron chi connectivity index (χ3n) is 3.75. The van der Waals surface area contributed by atoms with E-state index in [1.807, 2.05) is 55.5 Å². The van der Waals surface area contributed by atoms with Gasteiger partial charge in [0.25, 0.3) is 5.91 Å². The Kier molecular flexibility index (Phi) is 4.42. The lowest BCUT2D eigenvalue weighted by Gasteiger charge is -2.10. The fourth-order valence-electron chi connectivity index (χ4n) is 2.63. The highest BCUT2D eigenvalue weighted by atomic mass is 16.5. The average molecular weight is 322 g/mol. The van der Waals surface area contributed by atoms with Crippen LogP contribution in [0.25, 0.3) is 0 Å². The molecule has 0 radical (unpaired) electrons. The highest BCUT2D eigenvalue weighted by molar-refractivity contribution is 6.22. The number of carbonyl (C=O) groups excluding carboxylic acids is 2. The number of benzene rings is 2. The molecule has 0 saturated heterocycles. The fraction of sp³-hybridized carbons (Fsp3) is 0.211. The van der Waals surface area contributed by atoms with Gasteiger partial charge in [0.05, 0.1) is 18.0 Å². The Morgan fingerprint density at radius 3 is 2.67 bits per heavy atom. The summed E-state index contributed by atoms with van der Waals surface area (Å²) in [5.74, 6) is -1.13. The van der Waals surface area contributed by atoms with E-state index < -0.39 is 17.9 Å². The monoisotopic (exact) mass is 322 g/mol. The molecular weight excluding hydrogens is 304 g/mol. The van der Waals surface area contributed by atoms with E-state index in [9.17, 15) is 9.59 Å². The number of hydrogen-bond acceptors (Lipinski definition) is 4. The Morgan fingerprint density at radius 2 is 1.96 bits per heavy atom. The van der Waals surface area contributed by atoms with Crippen molar-refractivity contribution in [2.45, 2.75) is 19.9 Å². The van der Waals surface area contributed by atoms with E-state index in [1.54, 1.807) is 6.92 Å². The summed E-state index contributed by atoms with van der Waals surface area (Å²) in [6.07, 6.45) is 0. The maximum Gasteiger partial charge on any atom is 0.340 e. The van der Waals surface area contributed by atoms with E-state index in [-0.39, 0.29) is 6.61 Å². The molecular formula is C19H18N2O3. The van der Waals surface area contributed by atoms with Crippen molar-refractivity contribution >= 4 is 23.3 Å². The Labute approximate surface area is 140 Å². The third kappa shape index (κ3) is 3.06. The van der Waals surface area contributed by atoms with Crippen LogP contribution in [0, 0.1) is 6.92 Å². The Morgan fingerprint density at radius 1 is 1.21 bits per heavy atom. The first-order valence-corrected chi connectivity index (χ1v) is 7.82. The smallest absolute Gasteiger partial charge is 0.340 e. The van der Waals surface area contributed by atoms with Crippen LogP contribution in [-0.2, 0) is 14.3 Å². The summed E-state index contributed by atoms with van der Waals surface area (Å²) in [6.45, 7) is 3.87. The quantitative estimate of drug-likeness (QED) is 0.698. The first kappa shape index (κ1) is 15.9. The lowest BCUT2D eigenvalue weighted by molar-refractivity contribution is -0.146. The van der Waals surface area contributed by atoms with Gasteiger partial charge in [-0.2, -0.15) is 0 Å². The van der Waals surface area contributed by atoms with Gasteiger partial charge in [0.1, 0.15) is 0 Å². The van der Waals surface area contributed by atoms with Gasteiger partial charge in [-0.3, -0.25) is 9.79 Å². The Bertz CT molecular complexity index is 813. The fourth-order valence-corrected chi connectivity index (χ4v) is 2.63. The van der Waals surface area contributed by atoms with E-state index in [0.29, 0.717) is 11.4 Å². The number of rotatable bonds is 3. The second-order valence-electron chi connectivity index (χ2n) is 5.54. The molecule has 0 aromatic heterocycles. The van der Waals surface area contributed by atoms with Crippen molar-refractivity contribution in [2.24, 2.45) is 4.99 Å². The van der Waals surface area contributed by atoms with Gasteiger partial charge < -0.3 is 10.1 Å². The van der Waals surface area contributed by atoms with Crippen molar-refractivity contribution in [2.75, 3.05) is 11.9 Å². The normalized spacial score (nSPS) is 16.5. The lowest BCUT2D eigenvalue weighted by Crippen LogP contribution is -2.34. The van der Waals surface area contributed by atoms with Crippen LogP contribution in [0.1, 0.15) is 23.6 Å². The second kappa shape index (κ2) is 6.66. The van der Waals surface area contributed by atoms with Gasteiger partial charge in [0.15, 0.2) is 0 Å². The van der Waals surface area contributed by atoms with Crippen molar-refractivity contribution in [3.8, 4) is 0 Å². The van der Waals surface area contributed by atoms with Crippen LogP contribution in [0.15, 0.2) is 53.5 Å². The average Bonchev–Trinajstić information content (AvgIpc) is 2.72. The van der Waals surface area contributed by atoms with E-state index in [2.05, 4.69) is 10.3 Å². The number of ether oxygens (including phenoxy) is 1. The zero-order valence-electron chi connectivity index (χ0n) is 13.6. The Balaban J connectivity index is 2.18. The molecule has 1 aliphatic heterocycles. The van der Waals surface area contributed by atoms with Gasteiger partial charge in [-0.05, 0) is 26.0 Å². The van der Waals surface area contributed by atoms with E-state index in [1.165, 1.54) is 0 Å². The van der Waals surface area contributed by atoms with Crippen molar-refractivity contribution in [1.82, 2.24) is 0 Å². The molecule has 2 aromatic carbocycles. The zero-order valence-corrected chi connectivity index (χ0v) is 13.6. The molecule has 2 aromatic rings. The van der Waals surface area contributed by atoms with E-state index in [4.69, 9.17) is 4.74 Å². The molecule has 1 aliphatic rings. The van der Waals surface area contributed by atoms with Crippen molar-refractivity contribution in [1.29, 1.82) is 0 Å². The van der Waals surface area contributed by atoms with Gasteiger partial charge in [0.2, 0.25) is 6.04 Å². The SMILES string of the molecule is CCOC(=O)C1N=C(c2ccccc2)c2cc(C)ccc2NC1=O. The summed E-state index contributed by atoms with van der Waals surface area (Å²) in [4.78, 5) is 29.1. The predicted molar refractivity (Wildman–Crippen MR) is 92.3 cm³/mol. The minimum Gasteiger partial charge on any atom is -0.464 e. The number of esters is 1. The molecule has 0 spiro atoms. The van der Waals surface area contributed by atoms with Crippen LogP contribution < -0.4 is 5.32 Å². The maximum absolute atomic E-state index is 12.4. The summed E-state index contributed by atoms with van der Waals surface area (Å²) in [5, 5.41) is 2.78. The lowest BCUT2D eigenvalue weighted by atomic mass is 9.99. The molecule has 1 atom stereocenters. The summed E-state index contributed by atoms with van der Waals surface area (Å²) in [6, 6.07) is 14.0. The summed E-state index contributed by atoms with van der Waals surface area (Å²) >= 11 is 0. The molecule has 0 saturated carbocycles. The van der Waals surface area contributed by atoms with Gasteiger partial charge >= 0.3 is 5.97 Å². The molecule has 1 unspecified atom stereocenters. The molecule has 1 N–H and O–H groups in total. The van der Waals surface area contributed by atoms with Gasteiger partial charge in [0, 0.05) is 11.1 Å². The Hall–Kier alpha value is -2.95. The summed E-state index contributed by atoms with van der Waals surface area (Å²) in [7, 11) is 0. The number of aliphatic imine (C=N–C) groups is 1. The third-order valence-corrected chi connectivity index (χ3v) is 3.75. The van der Waals surface area contributed by atoms with Crippen molar-refractivity contribution in [3.63, 3.8) is 0 Å². The second-order valence-corrected chi connectivity index (χ2v) is 5.54. The molecule has 24 heavy (non-hydrogen) atoms. The van der Waals surface area contributed by atoms with E-state index in [0.717, 1.165) is 16.7 Å². The van der Waals surface area contributed by atoms with Gasteiger partial charge in [-0.15, -0.1) is 0 Å². The highest BCUT2D eigenvalue weighted by Gasteiger charge is 2.32. The molecule has 5 nitrogen and oxygen atoms in total. The predicted octanol–water partition coefficient (Wildman–Crippen LogP) is 2.72. The number of benzodiazepines with no additional fused rings is 1. The molecule has 0 fully saturated rings. The number of nitrogens with zero attached hydrogens (tertiary/aromatic N) is 1. The summed E-state index contributed by atoms with van der Waals surface area (Å²) in [5.41, 5.74) is 3.92. The largest absolute Gasteiger partial charge is 0.464 e. The van der Waals surface area contributed by atoms with Crippen LogP contribution in [0.2, 0.25) is 0 Å². The molecule has 3 rings (SSSR count). The van der Waals surface area contributed by atoms with E-state index >= 15 is 0 Å². The molecule has 1 heterocycles. The van der Waals surface area contributed by atoms with Crippen LogP contribution >= 0.6 is 0 Å². The molecule has 122 valence electrons. The first-order chi connectivity index (χ1) is 11.6. The van der Waals surface area contributed by atoms with Gasteiger partial charge in [-0.1, -0.05) is 42.0 Å². The van der Waals surface area contributed by atoms with Crippen molar-refractivity contribution in [3.05, 3.63) is 65.2 Å². The number of carbonyl (C=O) groups is 2. The van der Waals surface area contributed by atoms with Crippen LogP contribution in [0.5, 0.6) is 0 Å². The number of anilines is 1. The van der Waals surface area contributed by atoms with Crippen LogP contribution in [0.3, 0.4) is 0 Å². The number of hydrogen-bond donors (Lipinski definition) is 1. The molecule has 0 bridgehead atoms. The van der Waals surface area contributed by atoms with Crippen LogP contribution in [-0.4, -0.2) is 30.2 Å². The standard InChI is InChI=1S/C19H18N2O3/c1-3-24-19(23)17-18(22)20-15-10-9-12(2)11-14(15)16(21-17)13-7-5-4-6-8-13/h4-11,17H,3H2,1-2H3,(H,20,22). The van der Waals surface area contributed by atoms with Crippen molar-refractivity contribution < 1.29 is 14.3 Å². The highest BCUT2D eigenvalue weighted by Crippen LogP contribution is 2.25. The minimum absolute atomic E-state index is 0.199. The summed E-state index contributed by atoms with van der Waals surface area (Å²) < 4.78 is 5.01. The minimum atomic E-state index is -1.21. The molecule has 0 aliphatic carbocycles. The topological polar surface area (TPSA) is 67.8 Å².